The maximum Gasteiger partial charge on any atom is 0.264 e. The average molecular weight is 451 g/mol. The summed E-state index contributed by atoms with van der Waals surface area (Å²) >= 11 is 6.09. The Balaban J connectivity index is 1.95. The highest BCUT2D eigenvalue weighted by Gasteiger charge is 2.24. The fourth-order valence-electron chi connectivity index (χ4n) is 2.71. The lowest BCUT2D eigenvalue weighted by Crippen LogP contribution is -2.27. The number of carbonyl (C=O) groups excluding carboxylic acids is 1. The number of halogens is 3. The smallest absolute Gasteiger partial charge is 0.264 e. The number of rotatable bonds is 5. The summed E-state index contributed by atoms with van der Waals surface area (Å²) in [6.07, 6.45) is 0. The van der Waals surface area contributed by atoms with Gasteiger partial charge in [0.1, 0.15) is 11.6 Å². The van der Waals surface area contributed by atoms with Crippen molar-refractivity contribution in [3.05, 3.63) is 88.4 Å². The maximum atomic E-state index is 14.0. The molecule has 0 fully saturated rings. The molecule has 3 aromatic rings. The molecule has 0 heterocycles. The Labute approximate surface area is 178 Å². The van der Waals surface area contributed by atoms with E-state index in [4.69, 9.17) is 11.6 Å². The van der Waals surface area contributed by atoms with Gasteiger partial charge in [0.05, 0.1) is 26.9 Å². The molecule has 0 aliphatic heterocycles. The minimum Gasteiger partial charge on any atom is -0.319 e. The molecule has 3 rings (SSSR count). The van der Waals surface area contributed by atoms with Gasteiger partial charge in [-0.2, -0.15) is 0 Å². The van der Waals surface area contributed by atoms with Gasteiger partial charge in [-0.05, 0) is 67.1 Å². The normalized spacial score (nSPS) is 11.2. The Morgan fingerprint density at radius 3 is 2.33 bits per heavy atom. The lowest BCUT2D eigenvalue weighted by Gasteiger charge is -2.20. The van der Waals surface area contributed by atoms with Crippen molar-refractivity contribution in [2.45, 2.75) is 11.8 Å². The van der Waals surface area contributed by atoms with Crippen molar-refractivity contribution in [3.63, 3.8) is 0 Å². The summed E-state index contributed by atoms with van der Waals surface area (Å²) in [7, 11) is -2.76. The number of sulfonamides is 1. The molecule has 0 atom stereocenters. The quantitative estimate of drug-likeness (QED) is 0.594. The third-order valence-electron chi connectivity index (χ3n) is 4.40. The van der Waals surface area contributed by atoms with Crippen molar-refractivity contribution in [1.82, 2.24) is 0 Å². The molecule has 0 radical (unpaired) electrons. The number of carbonyl (C=O) groups is 1. The highest BCUT2D eigenvalue weighted by atomic mass is 35.5. The minimum atomic E-state index is -4.07. The summed E-state index contributed by atoms with van der Waals surface area (Å²) < 4.78 is 54.0. The number of anilines is 2. The van der Waals surface area contributed by atoms with Gasteiger partial charge >= 0.3 is 0 Å². The first-order valence-electron chi connectivity index (χ1n) is 8.71. The van der Waals surface area contributed by atoms with Crippen LogP contribution >= 0.6 is 11.6 Å². The van der Waals surface area contributed by atoms with E-state index in [9.17, 15) is 22.0 Å². The van der Waals surface area contributed by atoms with E-state index in [0.717, 1.165) is 28.1 Å². The monoisotopic (exact) mass is 450 g/mol. The van der Waals surface area contributed by atoms with Crippen molar-refractivity contribution in [2.75, 3.05) is 16.7 Å². The molecule has 0 aliphatic carbocycles. The van der Waals surface area contributed by atoms with Crippen molar-refractivity contribution < 1.29 is 22.0 Å². The van der Waals surface area contributed by atoms with Crippen LogP contribution in [0.3, 0.4) is 0 Å². The second-order valence-corrected chi connectivity index (χ2v) is 8.90. The zero-order valence-electron chi connectivity index (χ0n) is 16.0. The topological polar surface area (TPSA) is 66.5 Å². The van der Waals surface area contributed by atoms with Crippen LogP contribution in [0.15, 0.2) is 65.6 Å². The zero-order valence-corrected chi connectivity index (χ0v) is 17.6. The molecule has 0 saturated carbocycles. The van der Waals surface area contributed by atoms with Crippen LogP contribution in [0.4, 0.5) is 20.2 Å². The number of aryl methyl sites for hydroxylation is 1. The lowest BCUT2D eigenvalue weighted by atomic mass is 10.2. The number of amides is 1. The van der Waals surface area contributed by atoms with E-state index < -0.39 is 27.6 Å². The standard InChI is InChI=1S/C21H17ClF2N2O3S/c1-13-3-10-19(24)20(11-13)25-21(27)17-12-16(8-9-18(17)22)30(28,29)26(2)15-6-4-14(23)5-7-15/h3-12H,1-2H3,(H,25,27). The van der Waals surface area contributed by atoms with Crippen LogP contribution in [0.25, 0.3) is 0 Å². The van der Waals surface area contributed by atoms with Crippen LogP contribution in [0.1, 0.15) is 15.9 Å². The van der Waals surface area contributed by atoms with E-state index in [-0.39, 0.29) is 26.9 Å². The molecule has 5 nitrogen and oxygen atoms in total. The SMILES string of the molecule is Cc1ccc(F)c(NC(=O)c2cc(S(=O)(=O)N(C)c3ccc(F)cc3)ccc2Cl)c1. The Morgan fingerprint density at radius 1 is 1.00 bits per heavy atom. The number of hydrogen-bond acceptors (Lipinski definition) is 3. The third kappa shape index (κ3) is 4.44. The van der Waals surface area contributed by atoms with Gasteiger partial charge in [-0.15, -0.1) is 0 Å². The molecule has 0 bridgehead atoms. The van der Waals surface area contributed by atoms with Gasteiger partial charge in [0.15, 0.2) is 0 Å². The maximum absolute atomic E-state index is 14.0. The van der Waals surface area contributed by atoms with E-state index in [1.807, 2.05) is 0 Å². The van der Waals surface area contributed by atoms with Crippen LogP contribution in [0.2, 0.25) is 5.02 Å². The van der Waals surface area contributed by atoms with Gasteiger partial charge in [0, 0.05) is 7.05 Å². The number of nitrogens with zero attached hydrogens (tertiary/aromatic N) is 1. The van der Waals surface area contributed by atoms with Gasteiger partial charge in [-0.3, -0.25) is 9.10 Å². The Hall–Kier alpha value is -2.97. The van der Waals surface area contributed by atoms with E-state index in [2.05, 4.69) is 5.32 Å². The highest BCUT2D eigenvalue weighted by Crippen LogP contribution is 2.27. The molecule has 3 aromatic carbocycles. The summed E-state index contributed by atoms with van der Waals surface area (Å²) in [6.45, 7) is 1.74. The van der Waals surface area contributed by atoms with Gasteiger partial charge in [0.2, 0.25) is 0 Å². The van der Waals surface area contributed by atoms with Gasteiger partial charge in [-0.1, -0.05) is 17.7 Å². The molecule has 0 aromatic heterocycles. The van der Waals surface area contributed by atoms with Crippen molar-refractivity contribution in [3.8, 4) is 0 Å². The summed E-state index contributed by atoms with van der Waals surface area (Å²) in [5.74, 6) is -1.89. The summed E-state index contributed by atoms with van der Waals surface area (Å²) in [4.78, 5) is 12.4. The molecular formula is C21H17ClF2N2O3S. The molecule has 156 valence electrons. The zero-order chi connectivity index (χ0) is 22.1. The van der Waals surface area contributed by atoms with E-state index in [1.54, 1.807) is 13.0 Å². The molecule has 1 N–H and O–H groups in total. The first-order valence-corrected chi connectivity index (χ1v) is 10.5. The second kappa shape index (κ2) is 8.41. The number of benzene rings is 3. The lowest BCUT2D eigenvalue weighted by molar-refractivity contribution is 0.102. The van der Waals surface area contributed by atoms with Crippen LogP contribution in [-0.2, 0) is 10.0 Å². The van der Waals surface area contributed by atoms with E-state index in [0.29, 0.717) is 0 Å². The van der Waals surface area contributed by atoms with Crippen molar-refractivity contribution >= 4 is 38.9 Å². The van der Waals surface area contributed by atoms with Crippen LogP contribution in [0, 0.1) is 18.6 Å². The van der Waals surface area contributed by atoms with Crippen molar-refractivity contribution in [2.24, 2.45) is 0 Å². The Morgan fingerprint density at radius 2 is 1.67 bits per heavy atom. The Bertz CT molecular complexity index is 1220. The molecule has 1 amide bonds. The van der Waals surface area contributed by atoms with Crippen LogP contribution in [-0.4, -0.2) is 21.4 Å². The van der Waals surface area contributed by atoms with Gasteiger partial charge in [-0.25, -0.2) is 17.2 Å². The van der Waals surface area contributed by atoms with Crippen LogP contribution < -0.4 is 9.62 Å². The molecule has 30 heavy (non-hydrogen) atoms. The molecular weight excluding hydrogens is 434 g/mol. The van der Waals surface area contributed by atoms with Crippen LogP contribution in [0.5, 0.6) is 0 Å². The largest absolute Gasteiger partial charge is 0.319 e. The predicted molar refractivity (Wildman–Crippen MR) is 113 cm³/mol. The predicted octanol–water partition coefficient (Wildman–Crippen LogP) is 5.00. The third-order valence-corrected chi connectivity index (χ3v) is 6.51. The summed E-state index contributed by atoms with van der Waals surface area (Å²) in [6, 6.07) is 12.8. The second-order valence-electron chi connectivity index (χ2n) is 6.53. The van der Waals surface area contributed by atoms with E-state index >= 15 is 0 Å². The van der Waals surface area contributed by atoms with Gasteiger partial charge < -0.3 is 5.32 Å². The average Bonchev–Trinajstić information content (AvgIpc) is 2.70. The minimum absolute atomic E-state index is 0.00365. The molecule has 0 aliphatic rings. The fourth-order valence-corrected chi connectivity index (χ4v) is 4.14. The molecule has 0 unspecified atom stereocenters. The molecule has 9 heteroatoms. The summed E-state index contributed by atoms with van der Waals surface area (Å²) in [5.41, 5.74) is 0.785. The number of hydrogen-bond donors (Lipinski definition) is 1. The fraction of sp³-hybridized carbons (Fsp3) is 0.0952. The first-order chi connectivity index (χ1) is 14.1. The van der Waals surface area contributed by atoms with Gasteiger partial charge in [0.25, 0.3) is 15.9 Å². The first kappa shape index (κ1) is 21.7. The summed E-state index contributed by atoms with van der Waals surface area (Å²) in [5, 5.41) is 2.41. The Kier molecular flexibility index (Phi) is 6.09. The molecule has 0 spiro atoms. The molecule has 0 saturated heterocycles. The highest BCUT2D eigenvalue weighted by molar-refractivity contribution is 7.92. The number of nitrogens with one attached hydrogen (secondary N) is 1. The van der Waals surface area contributed by atoms with E-state index in [1.165, 1.54) is 43.4 Å². The van der Waals surface area contributed by atoms with Crippen molar-refractivity contribution in [1.29, 1.82) is 0 Å².